The number of hydrogen-bond donors (Lipinski definition) is 3. The Morgan fingerprint density at radius 3 is 2.47 bits per heavy atom. The van der Waals surface area contributed by atoms with E-state index >= 15 is 0 Å². The highest BCUT2D eigenvalue weighted by Crippen LogP contribution is 2.19. The fourth-order valence-corrected chi connectivity index (χ4v) is 1.12. The van der Waals surface area contributed by atoms with Gasteiger partial charge in [0.05, 0.1) is 11.6 Å². The molecule has 0 fully saturated rings. The molecule has 104 valence electrons. The van der Waals surface area contributed by atoms with Gasteiger partial charge < -0.3 is 15.7 Å². The summed E-state index contributed by atoms with van der Waals surface area (Å²) in [7, 11) is 0. The van der Waals surface area contributed by atoms with Gasteiger partial charge in [0, 0.05) is 6.54 Å². The summed E-state index contributed by atoms with van der Waals surface area (Å²) >= 11 is 0. The van der Waals surface area contributed by atoms with Gasteiger partial charge in [-0.05, 0) is 12.1 Å². The predicted octanol–water partition coefficient (Wildman–Crippen LogP) is 1.95. The molecule has 0 spiro atoms. The molecule has 0 aromatic heterocycles. The lowest BCUT2D eigenvalue weighted by molar-refractivity contribution is -0.140. The third-order valence-electron chi connectivity index (χ3n) is 2.27. The van der Waals surface area contributed by atoms with Crippen LogP contribution in [0.5, 0.6) is 0 Å². The van der Waals surface area contributed by atoms with E-state index in [1.807, 2.05) is 5.32 Å². The minimum absolute atomic E-state index is 0.188. The van der Waals surface area contributed by atoms with E-state index in [0.717, 1.165) is 6.07 Å². The number of carbonyl (C=O) groups excluding carboxylic acids is 1. The van der Waals surface area contributed by atoms with Crippen LogP contribution in [0.1, 0.15) is 6.92 Å². The predicted molar refractivity (Wildman–Crippen MR) is 60.1 cm³/mol. The van der Waals surface area contributed by atoms with Crippen LogP contribution in [0.3, 0.4) is 0 Å². The second kappa shape index (κ2) is 6.07. The summed E-state index contributed by atoms with van der Waals surface area (Å²) in [5, 5.41) is 12.7. The van der Waals surface area contributed by atoms with Crippen molar-refractivity contribution >= 4 is 17.7 Å². The molecule has 19 heavy (non-hydrogen) atoms. The van der Waals surface area contributed by atoms with Crippen LogP contribution in [0, 0.1) is 23.4 Å². The Balaban J connectivity index is 2.63. The number of anilines is 1. The Bertz CT molecular complexity index is 508. The Morgan fingerprint density at radius 2 is 1.89 bits per heavy atom. The lowest BCUT2D eigenvalue weighted by Gasteiger charge is -2.10. The van der Waals surface area contributed by atoms with Crippen LogP contribution in [0.2, 0.25) is 0 Å². The summed E-state index contributed by atoms with van der Waals surface area (Å²) in [6, 6.07) is 0.597. The number of halogens is 3. The molecular weight excluding hydrogens is 265 g/mol. The SMILES string of the molecule is CC(CNC(=O)Nc1ccc(F)c(F)c1F)C(=O)O. The van der Waals surface area contributed by atoms with E-state index in [1.165, 1.54) is 6.92 Å². The van der Waals surface area contributed by atoms with Gasteiger partial charge in [-0.1, -0.05) is 6.92 Å². The molecule has 0 bridgehead atoms. The largest absolute Gasteiger partial charge is 0.481 e. The van der Waals surface area contributed by atoms with Crippen molar-refractivity contribution in [3.8, 4) is 0 Å². The molecule has 5 nitrogen and oxygen atoms in total. The van der Waals surface area contributed by atoms with Crippen LogP contribution in [-0.4, -0.2) is 23.7 Å². The number of carbonyl (C=O) groups is 2. The molecule has 0 heterocycles. The van der Waals surface area contributed by atoms with Crippen LogP contribution in [0.25, 0.3) is 0 Å². The van der Waals surface area contributed by atoms with Crippen LogP contribution in [0.4, 0.5) is 23.7 Å². The van der Waals surface area contributed by atoms with Crippen molar-refractivity contribution in [1.82, 2.24) is 5.32 Å². The van der Waals surface area contributed by atoms with E-state index < -0.39 is 41.1 Å². The Labute approximate surface area is 106 Å². The first-order valence-electron chi connectivity index (χ1n) is 5.24. The second-order valence-electron chi connectivity index (χ2n) is 3.80. The average molecular weight is 276 g/mol. The molecule has 0 aliphatic heterocycles. The zero-order valence-corrected chi connectivity index (χ0v) is 9.84. The molecule has 2 amide bonds. The number of nitrogens with one attached hydrogen (secondary N) is 2. The van der Waals surface area contributed by atoms with Gasteiger partial charge in [-0.3, -0.25) is 4.79 Å². The van der Waals surface area contributed by atoms with Gasteiger partial charge in [-0.25, -0.2) is 18.0 Å². The smallest absolute Gasteiger partial charge is 0.319 e. The van der Waals surface area contributed by atoms with E-state index in [0.29, 0.717) is 6.07 Å². The molecule has 8 heteroatoms. The molecule has 1 aromatic carbocycles. The van der Waals surface area contributed by atoms with Crippen molar-refractivity contribution in [2.45, 2.75) is 6.92 Å². The first kappa shape index (κ1) is 14.8. The lowest BCUT2D eigenvalue weighted by Crippen LogP contribution is -2.34. The topological polar surface area (TPSA) is 78.4 Å². The summed E-state index contributed by atoms with van der Waals surface area (Å²) in [6.45, 7) is 1.17. The maximum Gasteiger partial charge on any atom is 0.319 e. The van der Waals surface area contributed by atoms with Gasteiger partial charge in [0.15, 0.2) is 17.5 Å². The molecule has 0 radical (unpaired) electrons. The summed E-state index contributed by atoms with van der Waals surface area (Å²) in [6.07, 6.45) is 0. The van der Waals surface area contributed by atoms with Crippen molar-refractivity contribution in [3.05, 3.63) is 29.6 Å². The second-order valence-corrected chi connectivity index (χ2v) is 3.80. The number of rotatable bonds is 4. The van der Waals surface area contributed by atoms with Crippen LogP contribution >= 0.6 is 0 Å². The third kappa shape index (κ3) is 3.87. The van der Waals surface area contributed by atoms with Crippen molar-refractivity contribution in [2.24, 2.45) is 5.92 Å². The molecule has 0 aliphatic carbocycles. The molecule has 0 saturated carbocycles. The fourth-order valence-electron chi connectivity index (χ4n) is 1.12. The van der Waals surface area contributed by atoms with Gasteiger partial charge in [0.25, 0.3) is 0 Å². The van der Waals surface area contributed by atoms with Crippen LogP contribution < -0.4 is 10.6 Å². The minimum atomic E-state index is -1.70. The molecule has 1 aromatic rings. The first-order chi connectivity index (χ1) is 8.82. The average Bonchev–Trinajstić information content (AvgIpc) is 2.36. The number of hydrogen-bond acceptors (Lipinski definition) is 2. The number of amides is 2. The van der Waals surface area contributed by atoms with Crippen molar-refractivity contribution in [2.75, 3.05) is 11.9 Å². The van der Waals surface area contributed by atoms with Gasteiger partial charge in [0.2, 0.25) is 0 Å². The first-order valence-corrected chi connectivity index (χ1v) is 5.24. The summed E-state index contributed by atoms with van der Waals surface area (Å²) in [4.78, 5) is 21.8. The van der Waals surface area contributed by atoms with E-state index in [-0.39, 0.29) is 6.54 Å². The molecule has 0 saturated heterocycles. The molecule has 1 atom stereocenters. The summed E-state index contributed by atoms with van der Waals surface area (Å²) < 4.78 is 38.7. The Hall–Kier alpha value is -2.25. The van der Waals surface area contributed by atoms with Crippen LogP contribution in [-0.2, 0) is 4.79 Å². The van der Waals surface area contributed by atoms with E-state index in [4.69, 9.17) is 5.11 Å². The number of carboxylic acids is 1. The number of carboxylic acid groups (broad SMARTS) is 1. The third-order valence-corrected chi connectivity index (χ3v) is 2.27. The number of aliphatic carboxylic acids is 1. The molecular formula is C11H11F3N2O3. The van der Waals surface area contributed by atoms with Crippen molar-refractivity contribution in [3.63, 3.8) is 0 Å². The highest BCUT2D eigenvalue weighted by Gasteiger charge is 2.16. The highest BCUT2D eigenvalue weighted by molar-refractivity contribution is 5.89. The Morgan fingerprint density at radius 1 is 1.26 bits per heavy atom. The zero-order valence-electron chi connectivity index (χ0n) is 9.84. The van der Waals surface area contributed by atoms with Gasteiger partial charge in [0.1, 0.15) is 0 Å². The quantitative estimate of drug-likeness (QED) is 0.735. The van der Waals surface area contributed by atoms with Crippen LogP contribution in [0.15, 0.2) is 12.1 Å². The fraction of sp³-hybridized carbons (Fsp3) is 0.273. The molecule has 1 rings (SSSR count). The molecule has 1 unspecified atom stereocenters. The minimum Gasteiger partial charge on any atom is -0.481 e. The van der Waals surface area contributed by atoms with Crippen molar-refractivity contribution in [1.29, 1.82) is 0 Å². The normalized spacial score (nSPS) is 11.8. The van der Waals surface area contributed by atoms with E-state index in [2.05, 4.69) is 5.32 Å². The van der Waals surface area contributed by atoms with E-state index in [9.17, 15) is 22.8 Å². The van der Waals surface area contributed by atoms with Gasteiger partial charge in [-0.2, -0.15) is 0 Å². The van der Waals surface area contributed by atoms with E-state index in [1.54, 1.807) is 0 Å². The summed E-state index contributed by atoms with van der Waals surface area (Å²) in [5.41, 5.74) is -0.542. The summed E-state index contributed by atoms with van der Waals surface area (Å²) in [5.74, 6) is -6.54. The number of urea groups is 1. The van der Waals surface area contributed by atoms with Gasteiger partial charge in [-0.15, -0.1) is 0 Å². The maximum absolute atomic E-state index is 13.2. The standard InChI is InChI=1S/C11H11F3N2O3/c1-5(10(17)18)4-15-11(19)16-7-3-2-6(12)8(13)9(7)14/h2-3,5H,4H2,1H3,(H,17,18)(H2,15,16,19). The maximum atomic E-state index is 13.2. The van der Waals surface area contributed by atoms with Gasteiger partial charge >= 0.3 is 12.0 Å². The number of benzene rings is 1. The monoisotopic (exact) mass is 276 g/mol. The molecule has 3 N–H and O–H groups in total. The highest BCUT2D eigenvalue weighted by atomic mass is 19.2. The Kier molecular flexibility index (Phi) is 4.74. The molecule has 0 aliphatic rings. The zero-order chi connectivity index (χ0) is 14.6. The lowest BCUT2D eigenvalue weighted by atomic mass is 10.2. The van der Waals surface area contributed by atoms with Crippen molar-refractivity contribution < 1.29 is 27.9 Å².